The summed E-state index contributed by atoms with van der Waals surface area (Å²) >= 11 is 1.32. The van der Waals surface area contributed by atoms with Crippen molar-refractivity contribution in [1.29, 1.82) is 0 Å². The van der Waals surface area contributed by atoms with Crippen LogP contribution in [0.4, 0.5) is 10.8 Å². The Balaban J connectivity index is 1.96. The molecule has 0 N–H and O–H groups in total. The number of nitro groups is 1. The van der Waals surface area contributed by atoms with Gasteiger partial charge in [-0.05, 0) is 12.1 Å². The molecule has 0 aliphatic rings. The zero-order valence-electron chi connectivity index (χ0n) is 15.1. The molecule has 3 aromatic rings. The number of rotatable bonds is 7. The van der Waals surface area contributed by atoms with E-state index in [1.54, 1.807) is 6.08 Å². The number of hydrogen-bond acceptors (Lipinski definition) is 6. The van der Waals surface area contributed by atoms with Gasteiger partial charge in [0.1, 0.15) is 0 Å². The van der Waals surface area contributed by atoms with Gasteiger partial charge in [0.05, 0.1) is 17.7 Å². The SMILES string of the molecule is C=CCN(C(=O)c1ccc(OC)c([N+](=O)[O-])c1)c1nc(-c2ccccc2)cs1. The Hall–Kier alpha value is -3.52. The number of thiazole rings is 1. The van der Waals surface area contributed by atoms with Gasteiger partial charge in [-0.1, -0.05) is 36.4 Å². The summed E-state index contributed by atoms with van der Waals surface area (Å²) in [5.41, 5.74) is 1.60. The van der Waals surface area contributed by atoms with Crippen LogP contribution in [0.2, 0.25) is 0 Å². The molecule has 0 fully saturated rings. The van der Waals surface area contributed by atoms with E-state index in [4.69, 9.17) is 4.74 Å². The summed E-state index contributed by atoms with van der Waals surface area (Å²) in [5.74, 6) is -0.308. The summed E-state index contributed by atoms with van der Waals surface area (Å²) < 4.78 is 4.99. The van der Waals surface area contributed by atoms with E-state index in [0.29, 0.717) is 5.13 Å². The van der Waals surface area contributed by atoms with Crippen molar-refractivity contribution >= 4 is 28.1 Å². The topological polar surface area (TPSA) is 85.6 Å². The van der Waals surface area contributed by atoms with E-state index in [1.165, 1.54) is 41.5 Å². The molecule has 1 amide bonds. The van der Waals surface area contributed by atoms with E-state index in [2.05, 4.69) is 11.6 Å². The van der Waals surface area contributed by atoms with Crippen molar-refractivity contribution in [2.75, 3.05) is 18.6 Å². The quantitative estimate of drug-likeness (QED) is 0.333. The van der Waals surface area contributed by atoms with Crippen LogP contribution in [0, 0.1) is 10.1 Å². The number of nitro benzene ring substituents is 1. The third kappa shape index (κ3) is 3.91. The largest absolute Gasteiger partial charge is 0.490 e. The molecule has 142 valence electrons. The van der Waals surface area contributed by atoms with Crippen LogP contribution in [0.25, 0.3) is 11.3 Å². The molecule has 0 bridgehead atoms. The lowest BCUT2D eigenvalue weighted by atomic mass is 10.1. The second kappa shape index (κ2) is 8.45. The van der Waals surface area contributed by atoms with Crippen LogP contribution in [0.1, 0.15) is 10.4 Å². The van der Waals surface area contributed by atoms with Gasteiger partial charge in [0.15, 0.2) is 10.9 Å². The molecule has 0 spiro atoms. The first-order valence-electron chi connectivity index (χ1n) is 8.31. The molecule has 1 aromatic heterocycles. The maximum atomic E-state index is 13.0. The normalized spacial score (nSPS) is 10.3. The van der Waals surface area contributed by atoms with Gasteiger partial charge in [0.25, 0.3) is 5.91 Å². The minimum absolute atomic E-state index is 0.0948. The second-order valence-corrected chi connectivity index (χ2v) is 6.57. The molecule has 28 heavy (non-hydrogen) atoms. The zero-order chi connectivity index (χ0) is 20.1. The lowest BCUT2D eigenvalue weighted by molar-refractivity contribution is -0.385. The van der Waals surface area contributed by atoms with Crippen LogP contribution >= 0.6 is 11.3 Å². The molecule has 8 heteroatoms. The standard InChI is InChI=1S/C20H17N3O4S/c1-3-11-22(20-21-16(13-28-20)14-7-5-4-6-8-14)19(24)15-9-10-18(27-2)17(12-15)23(25)26/h3-10,12-13H,1,11H2,2H3. The van der Waals surface area contributed by atoms with Crippen molar-refractivity contribution in [2.24, 2.45) is 0 Å². The molecule has 0 saturated carbocycles. The first-order chi connectivity index (χ1) is 13.5. The number of methoxy groups -OCH3 is 1. The molecule has 1 heterocycles. The molecule has 0 unspecified atom stereocenters. The summed E-state index contributed by atoms with van der Waals surface area (Å²) in [7, 11) is 1.34. The highest BCUT2D eigenvalue weighted by Crippen LogP contribution is 2.31. The number of hydrogen-bond donors (Lipinski definition) is 0. The third-order valence-electron chi connectivity index (χ3n) is 3.97. The Kier molecular flexibility index (Phi) is 5.81. The summed E-state index contributed by atoms with van der Waals surface area (Å²) in [6, 6.07) is 13.7. The van der Waals surface area contributed by atoms with E-state index in [0.717, 1.165) is 11.3 Å². The van der Waals surface area contributed by atoms with Crippen molar-refractivity contribution < 1.29 is 14.5 Å². The van der Waals surface area contributed by atoms with E-state index in [1.807, 2.05) is 35.7 Å². The number of amides is 1. The van der Waals surface area contributed by atoms with Crippen molar-refractivity contribution in [3.63, 3.8) is 0 Å². The second-order valence-electron chi connectivity index (χ2n) is 5.73. The maximum absolute atomic E-state index is 13.0. The van der Waals surface area contributed by atoms with Crippen molar-refractivity contribution in [1.82, 2.24) is 4.98 Å². The molecule has 0 radical (unpaired) electrons. The molecule has 7 nitrogen and oxygen atoms in total. The Morgan fingerprint density at radius 1 is 1.32 bits per heavy atom. The lowest BCUT2D eigenvalue weighted by Crippen LogP contribution is -2.31. The highest BCUT2D eigenvalue weighted by molar-refractivity contribution is 7.14. The average molecular weight is 395 g/mol. The molecule has 0 aliphatic heterocycles. The lowest BCUT2D eigenvalue weighted by Gasteiger charge is -2.18. The molecule has 0 saturated heterocycles. The van der Waals surface area contributed by atoms with E-state index >= 15 is 0 Å². The Morgan fingerprint density at radius 2 is 2.07 bits per heavy atom. The van der Waals surface area contributed by atoms with Crippen molar-refractivity contribution in [2.45, 2.75) is 0 Å². The van der Waals surface area contributed by atoms with Gasteiger partial charge in [0, 0.05) is 29.1 Å². The van der Waals surface area contributed by atoms with Gasteiger partial charge in [0.2, 0.25) is 0 Å². The van der Waals surface area contributed by atoms with Gasteiger partial charge in [-0.2, -0.15) is 0 Å². The Morgan fingerprint density at radius 3 is 2.71 bits per heavy atom. The number of aromatic nitrogens is 1. The monoisotopic (exact) mass is 395 g/mol. The molecule has 0 aliphatic carbocycles. The highest BCUT2D eigenvalue weighted by atomic mass is 32.1. The van der Waals surface area contributed by atoms with E-state index in [-0.39, 0.29) is 23.5 Å². The minimum atomic E-state index is -0.579. The van der Waals surface area contributed by atoms with Gasteiger partial charge >= 0.3 is 5.69 Å². The van der Waals surface area contributed by atoms with Crippen LogP contribution < -0.4 is 9.64 Å². The first kappa shape index (κ1) is 19.2. The van der Waals surface area contributed by atoms with Crippen molar-refractivity contribution in [3.8, 4) is 17.0 Å². The third-order valence-corrected chi connectivity index (χ3v) is 4.84. The average Bonchev–Trinajstić information content (AvgIpc) is 3.21. The minimum Gasteiger partial charge on any atom is -0.490 e. The molecule has 0 atom stereocenters. The number of anilines is 1. The predicted octanol–water partition coefficient (Wildman–Crippen LogP) is 4.56. The fraction of sp³-hybridized carbons (Fsp3) is 0.100. The molecule has 3 rings (SSSR count). The van der Waals surface area contributed by atoms with Crippen molar-refractivity contribution in [3.05, 3.63) is 82.2 Å². The molecular formula is C20H17N3O4S. The van der Waals surface area contributed by atoms with Gasteiger partial charge < -0.3 is 4.74 Å². The van der Waals surface area contributed by atoms with Crippen LogP contribution in [-0.4, -0.2) is 29.5 Å². The van der Waals surface area contributed by atoms with Crippen LogP contribution in [0.15, 0.2) is 66.6 Å². The Labute approximate surface area is 165 Å². The summed E-state index contributed by atoms with van der Waals surface area (Å²) in [4.78, 5) is 29.7. The fourth-order valence-electron chi connectivity index (χ4n) is 2.63. The summed E-state index contributed by atoms with van der Waals surface area (Å²) in [6.07, 6.45) is 1.58. The van der Waals surface area contributed by atoms with Crippen LogP contribution in [-0.2, 0) is 0 Å². The van der Waals surface area contributed by atoms with E-state index < -0.39 is 10.8 Å². The maximum Gasteiger partial charge on any atom is 0.311 e. The predicted molar refractivity (Wildman–Crippen MR) is 109 cm³/mol. The van der Waals surface area contributed by atoms with Crippen LogP contribution in [0.5, 0.6) is 5.75 Å². The Bertz CT molecular complexity index is 1020. The zero-order valence-corrected chi connectivity index (χ0v) is 15.9. The van der Waals surface area contributed by atoms with E-state index in [9.17, 15) is 14.9 Å². The summed E-state index contributed by atoms with van der Waals surface area (Å²) in [5, 5.41) is 13.6. The highest BCUT2D eigenvalue weighted by Gasteiger charge is 2.24. The van der Waals surface area contributed by atoms with Gasteiger partial charge in [-0.3, -0.25) is 19.8 Å². The number of benzene rings is 2. The molecule has 2 aromatic carbocycles. The van der Waals surface area contributed by atoms with Gasteiger partial charge in [-0.25, -0.2) is 4.98 Å². The fourth-order valence-corrected chi connectivity index (χ4v) is 3.47. The van der Waals surface area contributed by atoms with Crippen LogP contribution in [0.3, 0.4) is 0 Å². The first-order valence-corrected chi connectivity index (χ1v) is 9.19. The number of nitrogens with zero attached hydrogens (tertiary/aromatic N) is 3. The molecular weight excluding hydrogens is 378 g/mol. The number of carbonyl (C=O) groups excluding carboxylic acids is 1. The summed E-state index contributed by atoms with van der Waals surface area (Å²) in [6.45, 7) is 3.92. The smallest absolute Gasteiger partial charge is 0.311 e. The number of carbonyl (C=O) groups is 1. The number of ether oxygens (including phenoxy) is 1. The van der Waals surface area contributed by atoms with Gasteiger partial charge in [-0.15, -0.1) is 17.9 Å².